The van der Waals surface area contributed by atoms with Crippen LogP contribution in [0.5, 0.6) is 0 Å². The second kappa shape index (κ2) is 2.77. The number of rotatable bonds is 1. The summed E-state index contributed by atoms with van der Waals surface area (Å²) >= 11 is 3.30. The number of halogens is 1. The van der Waals surface area contributed by atoms with Crippen LogP contribution in [0.15, 0.2) is 4.47 Å². The summed E-state index contributed by atoms with van der Waals surface area (Å²) in [6.07, 6.45) is 0. The van der Waals surface area contributed by atoms with E-state index < -0.39 is 0 Å². The predicted octanol–water partition coefficient (Wildman–Crippen LogP) is 1.69. The molecule has 0 spiro atoms. The molecule has 4 heteroatoms. The molecule has 0 fully saturated rings. The van der Waals surface area contributed by atoms with Crippen LogP contribution in [-0.2, 0) is 7.05 Å². The van der Waals surface area contributed by atoms with Gasteiger partial charge in [-0.3, -0.25) is 9.48 Å². The fourth-order valence-corrected chi connectivity index (χ4v) is 1.63. The number of carbonyl (C=O) groups excluding carboxylic acids is 1. The first-order chi connectivity index (χ1) is 5.04. The summed E-state index contributed by atoms with van der Waals surface area (Å²) in [4.78, 5) is 11.0. The quantitative estimate of drug-likeness (QED) is 0.671. The van der Waals surface area contributed by atoms with Gasteiger partial charge in [0.15, 0.2) is 5.78 Å². The largest absolute Gasteiger partial charge is 0.293 e. The van der Waals surface area contributed by atoms with Crippen molar-refractivity contribution in [1.29, 1.82) is 0 Å². The van der Waals surface area contributed by atoms with Gasteiger partial charge in [-0.05, 0) is 22.9 Å². The van der Waals surface area contributed by atoms with E-state index in [9.17, 15) is 4.79 Å². The van der Waals surface area contributed by atoms with Crippen LogP contribution in [-0.4, -0.2) is 15.6 Å². The standard InChI is InChI=1S/C7H9BrN2O/c1-4-6(8)7(5(2)11)10(3)9-4/h1-3H3. The van der Waals surface area contributed by atoms with E-state index >= 15 is 0 Å². The summed E-state index contributed by atoms with van der Waals surface area (Å²) in [5.74, 6) is 0.0278. The van der Waals surface area contributed by atoms with Crippen molar-refractivity contribution >= 4 is 21.7 Å². The number of nitrogens with zero attached hydrogens (tertiary/aromatic N) is 2. The summed E-state index contributed by atoms with van der Waals surface area (Å²) in [6, 6.07) is 0. The second-order valence-electron chi connectivity index (χ2n) is 2.43. The SMILES string of the molecule is CC(=O)c1c(Br)c(C)nn1C. The predicted molar refractivity (Wildman–Crippen MR) is 45.6 cm³/mol. The van der Waals surface area contributed by atoms with Gasteiger partial charge in [0, 0.05) is 14.0 Å². The minimum Gasteiger partial charge on any atom is -0.293 e. The van der Waals surface area contributed by atoms with Crippen molar-refractivity contribution in [3.8, 4) is 0 Å². The molecule has 60 valence electrons. The summed E-state index contributed by atoms with van der Waals surface area (Å²) in [5, 5.41) is 4.08. The van der Waals surface area contributed by atoms with Crippen molar-refractivity contribution in [3.05, 3.63) is 15.9 Å². The van der Waals surface area contributed by atoms with E-state index in [2.05, 4.69) is 21.0 Å². The van der Waals surface area contributed by atoms with Gasteiger partial charge >= 0.3 is 0 Å². The van der Waals surface area contributed by atoms with Crippen LogP contribution in [0.25, 0.3) is 0 Å². The Balaban J connectivity index is 3.34. The zero-order valence-corrected chi connectivity index (χ0v) is 8.27. The van der Waals surface area contributed by atoms with Gasteiger partial charge < -0.3 is 0 Å². The van der Waals surface area contributed by atoms with Crippen molar-refractivity contribution in [2.75, 3.05) is 0 Å². The first-order valence-corrected chi connectivity index (χ1v) is 4.03. The minimum atomic E-state index is 0.0278. The van der Waals surface area contributed by atoms with E-state index in [-0.39, 0.29) is 5.78 Å². The maximum absolute atomic E-state index is 11.0. The molecule has 0 aliphatic carbocycles. The highest BCUT2D eigenvalue weighted by atomic mass is 79.9. The van der Waals surface area contributed by atoms with Gasteiger partial charge in [0.25, 0.3) is 0 Å². The Kier molecular flexibility index (Phi) is 2.13. The number of Topliss-reactive ketones (excluding diaryl/α,β-unsaturated/α-hetero) is 1. The fraction of sp³-hybridized carbons (Fsp3) is 0.429. The number of carbonyl (C=O) groups is 1. The molecule has 0 saturated carbocycles. The van der Waals surface area contributed by atoms with Crippen molar-refractivity contribution in [3.63, 3.8) is 0 Å². The molecule has 0 bridgehead atoms. The number of hydrogen-bond acceptors (Lipinski definition) is 2. The molecule has 1 heterocycles. The van der Waals surface area contributed by atoms with Gasteiger partial charge in [0.05, 0.1) is 10.2 Å². The van der Waals surface area contributed by atoms with Crippen LogP contribution < -0.4 is 0 Å². The highest BCUT2D eigenvalue weighted by molar-refractivity contribution is 9.10. The highest BCUT2D eigenvalue weighted by Gasteiger charge is 2.13. The Bertz CT molecular complexity index is 304. The molecular formula is C7H9BrN2O. The highest BCUT2D eigenvalue weighted by Crippen LogP contribution is 2.19. The van der Waals surface area contributed by atoms with E-state index in [0.29, 0.717) is 5.69 Å². The molecule has 3 nitrogen and oxygen atoms in total. The Labute approximate surface area is 73.5 Å². The molecule has 0 atom stereocenters. The molecule has 0 aliphatic heterocycles. The van der Waals surface area contributed by atoms with Crippen molar-refractivity contribution < 1.29 is 4.79 Å². The Morgan fingerprint density at radius 1 is 1.64 bits per heavy atom. The van der Waals surface area contributed by atoms with Crippen LogP contribution >= 0.6 is 15.9 Å². The van der Waals surface area contributed by atoms with E-state index in [1.54, 1.807) is 11.7 Å². The average Bonchev–Trinajstić information content (AvgIpc) is 2.07. The molecule has 0 unspecified atom stereocenters. The second-order valence-corrected chi connectivity index (χ2v) is 3.22. The lowest BCUT2D eigenvalue weighted by atomic mass is 10.3. The molecule has 0 radical (unpaired) electrons. The van der Waals surface area contributed by atoms with Gasteiger partial charge in [-0.1, -0.05) is 0 Å². The summed E-state index contributed by atoms with van der Waals surface area (Å²) in [7, 11) is 1.76. The van der Waals surface area contributed by atoms with Gasteiger partial charge in [0.1, 0.15) is 5.69 Å². The van der Waals surface area contributed by atoms with Crippen molar-refractivity contribution in [2.24, 2.45) is 7.05 Å². The van der Waals surface area contributed by atoms with Crippen LogP contribution in [0.3, 0.4) is 0 Å². The molecule has 0 amide bonds. The number of aromatic nitrogens is 2. The zero-order chi connectivity index (χ0) is 8.59. The third kappa shape index (κ3) is 1.35. The minimum absolute atomic E-state index is 0.0278. The van der Waals surface area contributed by atoms with Gasteiger partial charge in [-0.15, -0.1) is 0 Å². The van der Waals surface area contributed by atoms with Crippen LogP contribution in [0.2, 0.25) is 0 Å². The summed E-state index contributed by atoms with van der Waals surface area (Å²) in [5.41, 5.74) is 1.47. The lowest BCUT2D eigenvalue weighted by molar-refractivity contribution is 0.100. The smallest absolute Gasteiger partial charge is 0.178 e. The topological polar surface area (TPSA) is 34.9 Å². The first kappa shape index (κ1) is 8.46. The Morgan fingerprint density at radius 3 is 2.36 bits per heavy atom. The first-order valence-electron chi connectivity index (χ1n) is 3.24. The molecule has 0 aliphatic rings. The summed E-state index contributed by atoms with van der Waals surface area (Å²) in [6.45, 7) is 3.39. The lowest BCUT2D eigenvalue weighted by Crippen LogP contribution is -2.03. The molecule has 1 aromatic heterocycles. The molecule has 0 N–H and O–H groups in total. The average molecular weight is 217 g/mol. The van der Waals surface area contributed by atoms with Crippen molar-refractivity contribution in [2.45, 2.75) is 13.8 Å². The number of ketones is 1. The number of hydrogen-bond donors (Lipinski definition) is 0. The molecule has 11 heavy (non-hydrogen) atoms. The van der Waals surface area contributed by atoms with Crippen LogP contribution in [0, 0.1) is 6.92 Å². The third-order valence-electron chi connectivity index (χ3n) is 1.48. The monoisotopic (exact) mass is 216 g/mol. The van der Waals surface area contributed by atoms with Gasteiger partial charge in [-0.25, -0.2) is 0 Å². The maximum atomic E-state index is 11.0. The molecular weight excluding hydrogens is 208 g/mol. The van der Waals surface area contributed by atoms with Gasteiger partial charge in [-0.2, -0.15) is 5.10 Å². The van der Waals surface area contributed by atoms with Gasteiger partial charge in [0.2, 0.25) is 0 Å². The third-order valence-corrected chi connectivity index (χ3v) is 2.43. The number of aryl methyl sites for hydroxylation is 2. The maximum Gasteiger partial charge on any atom is 0.178 e. The molecule has 0 aromatic carbocycles. The molecule has 0 saturated heterocycles. The lowest BCUT2D eigenvalue weighted by Gasteiger charge is -1.94. The van der Waals surface area contributed by atoms with Crippen LogP contribution in [0.4, 0.5) is 0 Å². The molecule has 1 rings (SSSR count). The van der Waals surface area contributed by atoms with E-state index in [4.69, 9.17) is 0 Å². The Morgan fingerprint density at radius 2 is 2.18 bits per heavy atom. The zero-order valence-electron chi connectivity index (χ0n) is 6.68. The van der Waals surface area contributed by atoms with E-state index in [1.807, 2.05) is 6.92 Å². The van der Waals surface area contributed by atoms with Crippen molar-refractivity contribution in [1.82, 2.24) is 9.78 Å². The fourth-order valence-electron chi connectivity index (χ4n) is 1.01. The van der Waals surface area contributed by atoms with Crippen LogP contribution in [0.1, 0.15) is 23.1 Å². The van der Waals surface area contributed by atoms with E-state index in [1.165, 1.54) is 6.92 Å². The normalized spacial score (nSPS) is 10.2. The summed E-state index contributed by atoms with van der Waals surface area (Å²) < 4.78 is 2.38. The molecule has 1 aromatic rings. The van der Waals surface area contributed by atoms with E-state index in [0.717, 1.165) is 10.2 Å². The Hall–Kier alpha value is -0.640.